The molecule has 47 heavy (non-hydrogen) atoms. The molecule has 0 aliphatic heterocycles. The van der Waals surface area contributed by atoms with Gasteiger partial charge >= 0.3 is 0 Å². The van der Waals surface area contributed by atoms with Gasteiger partial charge in [0.05, 0.1) is 0 Å². The fourth-order valence-electron chi connectivity index (χ4n) is 5.18. The molecule has 0 saturated carbocycles. The van der Waals surface area contributed by atoms with Crippen molar-refractivity contribution in [2.75, 3.05) is 0 Å². The molecule has 4 heteroatoms. The average molecular weight is 884 g/mol. The Hall–Kier alpha value is -1.98. The molecule has 0 radical (unpaired) electrons. The first-order valence-corrected chi connectivity index (χ1v) is 19.1. The highest BCUT2D eigenvalue weighted by Crippen LogP contribution is 2.39. The van der Waals surface area contributed by atoms with Gasteiger partial charge in [-0.2, -0.15) is 0 Å². The fraction of sp³-hybridized carbons (Fsp3) is 0.302. The summed E-state index contributed by atoms with van der Waals surface area (Å²) in [6.45, 7) is 23.9. The second kappa shape index (κ2) is 16.6. The van der Waals surface area contributed by atoms with E-state index >= 15 is 0 Å². The Balaban J connectivity index is 0.000000206. The summed E-state index contributed by atoms with van der Waals surface area (Å²) in [4.78, 5) is 0. The SMILES string of the molecule is Cc1c(Br)cc(C(C)(C)c2cc(Br)c(C)c(Br)c2)cc1Br.Cc1ccc(C(C)(C)c2ccc(C)cc2)cc1.Cc1ccc(C)c(C)c1. The number of rotatable bonds is 4. The van der Waals surface area contributed by atoms with Gasteiger partial charge in [-0.25, -0.2) is 0 Å². The molecule has 248 valence electrons. The lowest BCUT2D eigenvalue weighted by molar-refractivity contribution is 0.638. The first-order chi connectivity index (χ1) is 21.8. The molecule has 0 bridgehead atoms. The van der Waals surface area contributed by atoms with Crippen LogP contribution in [0.3, 0.4) is 0 Å². The lowest BCUT2D eigenvalue weighted by atomic mass is 9.78. The van der Waals surface area contributed by atoms with Crippen LogP contribution in [0.1, 0.15) is 88.9 Å². The number of halogens is 4. The van der Waals surface area contributed by atoms with Gasteiger partial charge in [-0.1, -0.05) is 175 Å². The standard InChI is InChI=1S/C17H16Br4.C17H20.C9H12/c1-9-13(18)5-11(6-14(9)19)17(3,4)12-7-15(20)10(2)16(21)8-12;1-13-5-9-15(10-6-13)17(3,4)16-11-7-14(2)8-12-16;1-7-4-5-8(2)9(3)6-7/h5-8H,1-4H3;5-12H,1-4H3;4-6H,1-3H3. The average Bonchev–Trinajstić information content (AvgIpc) is 3.01. The summed E-state index contributed by atoms with van der Waals surface area (Å²) in [5.41, 5.74) is 14.4. The summed E-state index contributed by atoms with van der Waals surface area (Å²) in [6, 6.07) is 33.0. The lowest BCUT2D eigenvalue weighted by Crippen LogP contribution is -2.19. The summed E-state index contributed by atoms with van der Waals surface area (Å²) >= 11 is 14.6. The Morgan fingerprint density at radius 1 is 0.340 bits per heavy atom. The van der Waals surface area contributed by atoms with Crippen molar-refractivity contribution in [2.24, 2.45) is 0 Å². The van der Waals surface area contributed by atoms with E-state index in [4.69, 9.17) is 0 Å². The van der Waals surface area contributed by atoms with Gasteiger partial charge in [0.15, 0.2) is 0 Å². The molecule has 0 heterocycles. The zero-order valence-corrected chi connectivity index (χ0v) is 36.0. The maximum atomic E-state index is 3.65. The molecule has 0 unspecified atom stereocenters. The van der Waals surface area contributed by atoms with Gasteiger partial charge in [-0.05, 0) is 117 Å². The van der Waals surface area contributed by atoms with Crippen molar-refractivity contribution in [3.8, 4) is 0 Å². The van der Waals surface area contributed by atoms with Crippen molar-refractivity contribution in [1.82, 2.24) is 0 Å². The minimum absolute atomic E-state index is 0.0708. The Bertz CT molecular complexity index is 1660. The Morgan fingerprint density at radius 3 is 0.936 bits per heavy atom. The largest absolute Gasteiger partial charge is 0.0590 e. The lowest BCUT2D eigenvalue weighted by Gasteiger charge is -2.28. The van der Waals surface area contributed by atoms with Gasteiger partial charge in [-0.3, -0.25) is 0 Å². The van der Waals surface area contributed by atoms with E-state index in [-0.39, 0.29) is 10.8 Å². The molecule has 0 aliphatic rings. The van der Waals surface area contributed by atoms with Crippen molar-refractivity contribution >= 4 is 63.7 Å². The van der Waals surface area contributed by atoms with E-state index in [2.05, 4.69) is 231 Å². The van der Waals surface area contributed by atoms with Crippen LogP contribution in [-0.4, -0.2) is 0 Å². The zero-order chi connectivity index (χ0) is 35.3. The van der Waals surface area contributed by atoms with Gasteiger partial charge in [0.1, 0.15) is 0 Å². The Labute approximate surface area is 318 Å². The molecule has 0 fully saturated rings. The molecule has 0 amide bonds. The number of benzene rings is 5. The molecular weight excluding hydrogens is 836 g/mol. The van der Waals surface area contributed by atoms with E-state index in [1.807, 2.05) is 0 Å². The molecule has 0 nitrogen and oxygen atoms in total. The first-order valence-electron chi connectivity index (χ1n) is 15.9. The summed E-state index contributed by atoms with van der Waals surface area (Å²) < 4.78 is 4.52. The van der Waals surface area contributed by atoms with Crippen LogP contribution < -0.4 is 0 Å². The van der Waals surface area contributed by atoms with Gasteiger partial charge in [0, 0.05) is 28.7 Å². The maximum Gasteiger partial charge on any atom is 0.0218 e. The van der Waals surface area contributed by atoms with E-state index in [0.717, 1.165) is 17.9 Å². The first kappa shape index (κ1) is 39.5. The summed E-state index contributed by atoms with van der Waals surface area (Å²) in [7, 11) is 0. The van der Waals surface area contributed by atoms with E-state index in [0.29, 0.717) is 0 Å². The van der Waals surface area contributed by atoms with Crippen LogP contribution in [0.5, 0.6) is 0 Å². The van der Waals surface area contributed by atoms with Crippen molar-refractivity contribution in [3.63, 3.8) is 0 Å². The Morgan fingerprint density at radius 2 is 0.638 bits per heavy atom. The van der Waals surface area contributed by atoms with Gasteiger partial charge in [0.25, 0.3) is 0 Å². The zero-order valence-electron chi connectivity index (χ0n) is 29.7. The predicted molar refractivity (Wildman–Crippen MR) is 220 cm³/mol. The van der Waals surface area contributed by atoms with Gasteiger partial charge < -0.3 is 0 Å². The highest BCUT2D eigenvalue weighted by molar-refractivity contribution is 9.11. The predicted octanol–water partition coefficient (Wildman–Crippen LogP) is 14.9. The van der Waals surface area contributed by atoms with E-state index in [9.17, 15) is 0 Å². The highest BCUT2D eigenvalue weighted by Gasteiger charge is 2.26. The third-order valence-corrected chi connectivity index (χ3v) is 12.5. The van der Waals surface area contributed by atoms with Crippen LogP contribution in [0.4, 0.5) is 0 Å². The molecule has 0 aromatic heterocycles. The van der Waals surface area contributed by atoms with Crippen molar-refractivity contribution < 1.29 is 0 Å². The van der Waals surface area contributed by atoms with Crippen LogP contribution in [0.2, 0.25) is 0 Å². The summed E-state index contributed by atoms with van der Waals surface area (Å²) in [6.07, 6.45) is 0. The Kier molecular flexibility index (Phi) is 14.0. The number of hydrogen-bond donors (Lipinski definition) is 0. The van der Waals surface area contributed by atoms with E-state index in [1.165, 1.54) is 61.2 Å². The molecule has 5 aromatic rings. The highest BCUT2D eigenvalue weighted by atomic mass is 79.9. The summed E-state index contributed by atoms with van der Waals surface area (Å²) in [5.74, 6) is 0. The number of aryl methyl sites for hydroxylation is 5. The van der Waals surface area contributed by atoms with Crippen molar-refractivity contribution in [1.29, 1.82) is 0 Å². The molecule has 0 saturated heterocycles. The number of hydrogen-bond acceptors (Lipinski definition) is 0. The fourth-order valence-corrected chi connectivity index (χ4v) is 7.55. The van der Waals surface area contributed by atoms with Gasteiger partial charge in [0.2, 0.25) is 0 Å². The van der Waals surface area contributed by atoms with Crippen LogP contribution in [0.15, 0.2) is 109 Å². The molecular formula is C43H48Br4. The van der Waals surface area contributed by atoms with E-state index < -0.39 is 0 Å². The topological polar surface area (TPSA) is 0 Å². The molecule has 0 N–H and O–H groups in total. The minimum Gasteiger partial charge on any atom is -0.0590 e. The van der Waals surface area contributed by atoms with Crippen LogP contribution in [-0.2, 0) is 10.8 Å². The smallest absolute Gasteiger partial charge is 0.0218 e. The summed E-state index contributed by atoms with van der Waals surface area (Å²) in [5, 5.41) is 0. The minimum atomic E-state index is -0.0858. The van der Waals surface area contributed by atoms with Gasteiger partial charge in [-0.15, -0.1) is 0 Å². The monoisotopic (exact) mass is 880 g/mol. The molecule has 5 rings (SSSR count). The second-order valence-electron chi connectivity index (χ2n) is 13.7. The molecule has 0 atom stereocenters. The normalized spacial score (nSPS) is 11.3. The third-order valence-electron chi connectivity index (χ3n) is 9.21. The van der Waals surface area contributed by atoms with Crippen molar-refractivity contribution in [2.45, 2.75) is 87.0 Å². The second-order valence-corrected chi connectivity index (χ2v) is 17.1. The quantitative estimate of drug-likeness (QED) is 0.169. The molecule has 5 aromatic carbocycles. The van der Waals surface area contributed by atoms with Crippen LogP contribution in [0.25, 0.3) is 0 Å². The van der Waals surface area contributed by atoms with Crippen LogP contribution >= 0.6 is 63.7 Å². The maximum absolute atomic E-state index is 3.65. The molecule has 0 spiro atoms. The van der Waals surface area contributed by atoms with Crippen LogP contribution in [0, 0.1) is 48.5 Å². The third kappa shape index (κ3) is 10.3. The van der Waals surface area contributed by atoms with E-state index in [1.54, 1.807) is 0 Å². The van der Waals surface area contributed by atoms with Crippen molar-refractivity contribution in [3.05, 3.63) is 170 Å². The molecule has 0 aliphatic carbocycles.